The maximum Gasteiger partial charge on any atom is 0.127 e. The normalized spacial score (nSPS) is 13.1. The smallest absolute Gasteiger partial charge is 0.127 e. The van der Waals surface area contributed by atoms with Gasteiger partial charge in [-0.1, -0.05) is 18.2 Å². The van der Waals surface area contributed by atoms with E-state index in [4.69, 9.17) is 5.73 Å². The maximum atomic E-state index is 13.4. The SMILES string of the molecule is CC(CCCN)N(C)Cc1ccccc1F. The summed E-state index contributed by atoms with van der Waals surface area (Å²) in [5.41, 5.74) is 6.23. The molecule has 1 atom stereocenters. The van der Waals surface area contributed by atoms with E-state index in [1.165, 1.54) is 6.07 Å². The van der Waals surface area contributed by atoms with Crippen LogP contribution in [-0.2, 0) is 6.54 Å². The lowest BCUT2D eigenvalue weighted by atomic mass is 10.1. The highest BCUT2D eigenvalue weighted by molar-refractivity contribution is 5.17. The maximum absolute atomic E-state index is 13.4. The van der Waals surface area contributed by atoms with Crippen LogP contribution in [0.3, 0.4) is 0 Å². The first kappa shape index (κ1) is 13.1. The Morgan fingerprint density at radius 1 is 1.38 bits per heavy atom. The summed E-state index contributed by atoms with van der Waals surface area (Å²) in [5, 5.41) is 0. The van der Waals surface area contributed by atoms with Gasteiger partial charge in [0, 0.05) is 18.2 Å². The van der Waals surface area contributed by atoms with Crippen molar-refractivity contribution < 1.29 is 4.39 Å². The third-order valence-corrected chi connectivity index (χ3v) is 2.96. The Labute approximate surface area is 97.3 Å². The van der Waals surface area contributed by atoms with Gasteiger partial charge in [0.25, 0.3) is 0 Å². The van der Waals surface area contributed by atoms with Crippen molar-refractivity contribution in [1.29, 1.82) is 0 Å². The molecule has 0 aliphatic rings. The van der Waals surface area contributed by atoms with Crippen molar-refractivity contribution in [3.8, 4) is 0 Å². The Morgan fingerprint density at radius 3 is 2.69 bits per heavy atom. The van der Waals surface area contributed by atoms with Crippen LogP contribution in [-0.4, -0.2) is 24.5 Å². The molecular weight excluding hydrogens is 203 g/mol. The Balaban J connectivity index is 2.50. The van der Waals surface area contributed by atoms with Crippen molar-refractivity contribution in [2.24, 2.45) is 5.73 Å². The zero-order valence-corrected chi connectivity index (χ0v) is 10.1. The van der Waals surface area contributed by atoms with E-state index in [0.29, 0.717) is 12.6 Å². The monoisotopic (exact) mass is 224 g/mol. The van der Waals surface area contributed by atoms with E-state index in [9.17, 15) is 4.39 Å². The summed E-state index contributed by atoms with van der Waals surface area (Å²) in [7, 11) is 2.02. The molecule has 0 aliphatic heterocycles. The van der Waals surface area contributed by atoms with E-state index in [-0.39, 0.29) is 5.82 Å². The summed E-state index contributed by atoms with van der Waals surface area (Å²) >= 11 is 0. The van der Waals surface area contributed by atoms with Gasteiger partial charge in [-0.3, -0.25) is 4.90 Å². The minimum Gasteiger partial charge on any atom is -0.330 e. The molecule has 0 aromatic heterocycles. The molecule has 1 aromatic rings. The molecule has 0 aliphatic carbocycles. The molecule has 0 bridgehead atoms. The van der Waals surface area contributed by atoms with Crippen LogP contribution >= 0.6 is 0 Å². The van der Waals surface area contributed by atoms with Crippen molar-refractivity contribution >= 4 is 0 Å². The minimum atomic E-state index is -0.125. The Kier molecular flexibility index (Phi) is 5.43. The Morgan fingerprint density at radius 2 is 2.06 bits per heavy atom. The molecule has 0 radical (unpaired) electrons. The van der Waals surface area contributed by atoms with Crippen molar-refractivity contribution in [2.75, 3.05) is 13.6 Å². The van der Waals surface area contributed by atoms with Crippen molar-refractivity contribution in [1.82, 2.24) is 4.90 Å². The fourth-order valence-electron chi connectivity index (χ4n) is 1.68. The average Bonchev–Trinajstić information content (AvgIpc) is 2.28. The van der Waals surface area contributed by atoms with Gasteiger partial charge < -0.3 is 5.73 Å². The molecule has 1 rings (SSSR count). The summed E-state index contributed by atoms with van der Waals surface area (Å²) in [5.74, 6) is -0.125. The van der Waals surface area contributed by atoms with Crippen LogP contribution in [0.4, 0.5) is 4.39 Å². The molecule has 1 unspecified atom stereocenters. The molecule has 1 aromatic carbocycles. The highest BCUT2D eigenvalue weighted by Crippen LogP contribution is 2.12. The molecule has 0 saturated heterocycles. The van der Waals surface area contributed by atoms with Gasteiger partial charge in [0.05, 0.1) is 0 Å². The van der Waals surface area contributed by atoms with Gasteiger partial charge in [0.15, 0.2) is 0 Å². The van der Waals surface area contributed by atoms with E-state index in [2.05, 4.69) is 11.8 Å². The second-order valence-electron chi connectivity index (χ2n) is 4.29. The topological polar surface area (TPSA) is 29.3 Å². The number of benzene rings is 1. The summed E-state index contributed by atoms with van der Waals surface area (Å²) in [6.07, 6.45) is 2.07. The van der Waals surface area contributed by atoms with Crippen LogP contribution in [0.25, 0.3) is 0 Å². The molecule has 0 spiro atoms. The fourth-order valence-corrected chi connectivity index (χ4v) is 1.68. The highest BCUT2D eigenvalue weighted by atomic mass is 19.1. The third kappa shape index (κ3) is 3.91. The van der Waals surface area contributed by atoms with Gasteiger partial charge in [-0.05, 0) is 39.4 Å². The molecule has 0 heterocycles. The Bertz CT molecular complexity index is 315. The van der Waals surface area contributed by atoms with E-state index in [1.807, 2.05) is 19.2 Å². The summed E-state index contributed by atoms with van der Waals surface area (Å²) in [6.45, 7) is 3.52. The number of hydrogen-bond acceptors (Lipinski definition) is 2. The molecular formula is C13H21FN2. The van der Waals surface area contributed by atoms with Crippen molar-refractivity contribution in [3.05, 3.63) is 35.6 Å². The van der Waals surface area contributed by atoms with E-state index in [0.717, 1.165) is 24.9 Å². The average molecular weight is 224 g/mol. The third-order valence-electron chi connectivity index (χ3n) is 2.96. The lowest BCUT2D eigenvalue weighted by Crippen LogP contribution is -2.29. The molecule has 90 valence electrons. The van der Waals surface area contributed by atoms with Crippen LogP contribution in [0, 0.1) is 5.82 Å². The zero-order valence-electron chi connectivity index (χ0n) is 10.1. The predicted octanol–water partition coefficient (Wildman–Crippen LogP) is 2.38. The number of rotatable bonds is 6. The summed E-state index contributed by atoms with van der Waals surface area (Å²) in [6, 6.07) is 7.37. The van der Waals surface area contributed by atoms with E-state index < -0.39 is 0 Å². The van der Waals surface area contributed by atoms with Crippen molar-refractivity contribution in [2.45, 2.75) is 32.4 Å². The van der Waals surface area contributed by atoms with Gasteiger partial charge >= 0.3 is 0 Å². The van der Waals surface area contributed by atoms with Gasteiger partial charge in [0.1, 0.15) is 5.82 Å². The van der Waals surface area contributed by atoms with E-state index in [1.54, 1.807) is 6.07 Å². The first-order valence-electron chi connectivity index (χ1n) is 5.79. The molecule has 0 amide bonds. The van der Waals surface area contributed by atoms with Gasteiger partial charge in [-0.2, -0.15) is 0 Å². The summed E-state index contributed by atoms with van der Waals surface area (Å²) < 4.78 is 13.4. The molecule has 0 fully saturated rings. The van der Waals surface area contributed by atoms with Crippen LogP contribution < -0.4 is 5.73 Å². The number of halogens is 1. The number of hydrogen-bond donors (Lipinski definition) is 1. The summed E-state index contributed by atoms with van der Waals surface area (Å²) in [4.78, 5) is 2.16. The molecule has 0 saturated carbocycles. The van der Waals surface area contributed by atoms with Crippen LogP contribution in [0.1, 0.15) is 25.3 Å². The standard InChI is InChI=1S/C13H21FN2/c1-11(6-5-9-15)16(2)10-12-7-3-4-8-13(12)14/h3-4,7-8,11H,5-6,9-10,15H2,1-2H3. The lowest BCUT2D eigenvalue weighted by molar-refractivity contribution is 0.233. The van der Waals surface area contributed by atoms with E-state index >= 15 is 0 Å². The second kappa shape index (κ2) is 6.61. The first-order valence-corrected chi connectivity index (χ1v) is 5.79. The first-order chi connectivity index (χ1) is 7.65. The Hall–Kier alpha value is -0.930. The van der Waals surface area contributed by atoms with Crippen LogP contribution in [0.5, 0.6) is 0 Å². The lowest BCUT2D eigenvalue weighted by Gasteiger charge is -2.24. The molecule has 3 heteroatoms. The quantitative estimate of drug-likeness (QED) is 0.804. The largest absolute Gasteiger partial charge is 0.330 e. The molecule has 16 heavy (non-hydrogen) atoms. The fraction of sp³-hybridized carbons (Fsp3) is 0.538. The highest BCUT2D eigenvalue weighted by Gasteiger charge is 2.10. The van der Waals surface area contributed by atoms with Crippen molar-refractivity contribution in [3.63, 3.8) is 0 Å². The molecule has 2 N–H and O–H groups in total. The predicted molar refractivity (Wildman–Crippen MR) is 65.6 cm³/mol. The number of nitrogens with two attached hydrogens (primary N) is 1. The minimum absolute atomic E-state index is 0.125. The molecule has 2 nitrogen and oxygen atoms in total. The second-order valence-corrected chi connectivity index (χ2v) is 4.29. The van der Waals surface area contributed by atoms with Crippen LogP contribution in [0.15, 0.2) is 24.3 Å². The van der Waals surface area contributed by atoms with Gasteiger partial charge in [0.2, 0.25) is 0 Å². The number of nitrogens with zero attached hydrogens (tertiary/aromatic N) is 1. The van der Waals surface area contributed by atoms with Crippen LogP contribution in [0.2, 0.25) is 0 Å². The van der Waals surface area contributed by atoms with Gasteiger partial charge in [-0.25, -0.2) is 4.39 Å². The zero-order chi connectivity index (χ0) is 12.0. The van der Waals surface area contributed by atoms with Gasteiger partial charge in [-0.15, -0.1) is 0 Å².